The molecule has 3 aromatic rings. The molecule has 0 aliphatic carbocycles. The van der Waals surface area contributed by atoms with E-state index in [0.717, 1.165) is 6.42 Å². The largest absolute Gasteiger partial charge is 0.207 e. The molecule has 0 aliphatic rings. The molecule has 162 valence electrons. The zero-order valence-electron chi connectivity index (χ0n) is 18.0. The van der Waals surface area contributed by atoms with Gasteiger partial charge in [-0.1, -0.05) is 50.4 Å². The van der Waals surface area contributed by atoms with Crippen LogP contribution in [0, 0.1) is 47.0 Å². The lowest BCUT2D eigenvalue weighted by Gasteiger charge is -2.03. The Bertz CT molecular complexity index is 1190. The second-order valence-corrected chi connectivity index (χ2v) is 7.43. The fraction of sp³-hybridized carbons (Fsp3) is 0.214. The summed E-state index contributed by atoms with van der Waals surface area (Å²) in [4.78, 5) is 0. The predicted molar refractivity (Wildman–Crippen MR) is 119 cm³/mol. The van der Waals surface area contributed by atoms with Crippen LogP contribution in [0.3, 0.4) is 0 Å². The molecular formula is C28H22F4. The van der Waals surface area contributed by atoms with Gasteiger partial charge in [0.25, 0.3) is 0 Å². The molecule has 0 saturated heterocycles. The topological polar surface area (TPSA) is 0 Å². The number of benzene rings is 3. The third kappa shape index (κ3) is 5.80. The van der Waals surface area contributed by atoms with Crippen molar-refractivity contribution in [3.05, 3.63) is 105 Å². The van der Waals surface area contributed by atoms with E-state index < -0.39 is 23.3 Å². The first-order valence-corrected chi connectivity index (χ1v) is 10.5. The molecule has 0 atom stereocenters. The zero-order valence-corrected chi connectivity index (χ0v) is 18.0. The minimum atomic E-state index is -0.673. The van der Waals surface area contributed by atoms with Crippen LogP contribution in [0.2, 0.25) is 0 Å². The lowest BCUT2D eigenvalue weighted by Crippen LogP contribution is -1.96. The molecule has 0 saturated carbocycles. The van der Waals surface area contributed by atoms with Gasteiger partial charge in [0, 0.05) is 22.3 Å². The summed E-state index contributed by atoms with van der Waals surface area (Å²) in [7, 11) is 0. The van der Waals surface area contributed by atoms with E-state index in [4.69, 9.17) is 0 Å². The van der Waals surface area contributed by atoms with Gasteiger partial charge in [0.05, 0.1) is 5.56 Å². The summed E-state index contributed by atoms with van der Waals surface area (Å²) in [6.07, 6.45) is 2.39. The average Bonchev–Trinajstić information content (AvgIpc) is 2.75. The summed E-state index contributed by atoms with van der Waals surface area (Å²) in [5.74, 6) is 8.38. The lowest BCUT2D eigenvalue weighted by molar-refractivity contribution is 0.552. The molecule has 0 bridgehead atoms. The average molecular weight is 434 g/mol. The first-order valence-electron chi connectivity index (χ1n) is 10.5. The number of rotatable bonds is 4. The summed E-state index contributed by atoms with van der Waals surface area (Å²) >= 11 is 0. The molecule has 4 heteroatoms. The number of hydrogen-bond acceptors (Lipinski definition) is 0. The zero-order chi connectivity index (χ0) is 23.1. The number of hydrogen-bond donors (Lipinski definition) is 0. The molecule has 0 unspecified atom stereocenters. The van der Waals surface area contributed by atoms with Crippen LogP contribution in [0.4, 0.5) is 17.6 Å². The van der Waals surface area contributed by atoms with Crippen molar-refractivity contribution in [1.29, 1.82) is 0 Å². The number of halogens is 4. The Hall–Kier alpha value is -3.50. The van der Waals surface area contributed by atoms with Crippen molar-refractivity contribution >= 4 is 0 Å². The SMILES string of the molecule is CCCc1cc(F)c(C#Cc2ccc(C#Cc3cc(F)c(CCC)c(F)c3)cc2)c(F)c1. The molecular weight excluding hydrogens is 412 g/mol. The van der Waals surface area contributed by atoms with Gasteiger partial charge in [-0.2, -0.15) is 0 Å². The second kappa shape index (κ2) is 10.7. The molecule has 0 amide bonds. The van der Waals surface area contributed by atoms with Crippen molar-refractivity contribution in [3.8, 4) is 23.7 Å². The third-order valence-electron chi connectivity index (χ3n) is 4.85. The Morgan fingerprint density at radius 3 is 1.53 bits per heavy atom. The second-order valence-electron chi connectivity index (χ2n) is 7.43. The highest BCUT2D eigenvalue weighted by Crippen LogP contribution is 2.18. The molecule has 0 fully saturated rings. The van der Waals surface area contributed by atoms with Gasteiger partial charge in [-0.25, -0.2) is 17.6 Å². The molecule has 0 radical (unpaired) electrons. The minimum Gasteiger partial charge on any atom is -0.207 e. The van der Waals surface area contributed by atoms with Crippen molar-refractivity contribution < 1.29 is 17.6 Å². The van der Waals surface area contributed by atoms with Crippen molar-refractivity contribution in [2.45, 2.75) is 39.5 Å². The molecule has 0 aromatic heterocycles. The highest BCUT2D eigenvalue weighted by atomic mass is 19.1. The Labute approximate surface area is 186 Å². The molecule has 32 heavy (non-hydrogen) atoms. The van der Waals surface area contributed by atoms with E-state index in [-0.39, 0.29) is 16.7 Å². The van der Waals surface area contributed by atoms with Crippen molar-refractivity contribution in [2.75, 3.05) is 0 Å². The Morgan fingerprint density at radius 2 is 1.03 bits per heavy atom. The monoisotopic (exact) mass is 434 g/mol. The van der Waals surface area contributed by atoms with Crippen molar-refractivity contribution in [3.63, 3.8) is 0 Å². The van der Waals surface area contributed by atoms with Crippen LogP contribution in [0.25, 0.3) is 0 Å². The molecule has 3 rings (SSSR count). The maximum absolute atomic E-state index is 14.2. The Morgan fingerprint density at radius 1 is 0.562 bits per heavy atom. The van der Waals surface area contributed by atoms with E-state index in [9.17, 15) is 17.6 Å². The molecule has 0 heterocycles. The first-order chi connectivity index (χ1) is 15.4. The van der Waals surface area contributed by atoms with Gasteiger partial charge >= 0.3 is 0 Å². The van der Waals surface area contributed by atoms with Crippen LogP contribution in [0.1, 0.15) is 60.1 Å². The van der Waals surface area contributed by atoms with Crippen molar-refractivity contribution in [2.24, 2.45) is 0 Å². The quantitative estimate of drug-likeness (QED) is 0.308. The molecule has 0 N–H and O–H groups in total. The van der Waals surface area contributed by atoms with Crippen LogP contribution < -0.4 is 0 Å². The van der Waals surface area contributed by atoms with Gasteiger partial charge in [-0.15, -0.1) is 0 Å². The lowest BCUT2D eigenvalue weighted by atomic mass is 10.1. The maximum Gasteiger partial charge on any atom is 0.142 e. The summed E-state index contributed by atoms with van der Waals surface area (Å²) < 4.78 is 56.4. The molecule has 0 nitrogen and oxygen atoms in total. The summed E-state index contributed by atoms with van der Waals surface area (Å²) in [5, 5.41) is 0. The smallest absolute Gasteiger partial charge is 0.142 e. The maximum atomic E-state index is 14.2. The van der Waals surface area contributed by atoms with Crippen LogP contribution in [0.15, 0.2) is 48.5 Å². The minimum absolute atomic E-state index is 0.0776. The first kappa shape index (κ1) is 23.2. The van der Waals surface area contributed by atoms with E-state index in [0.29, 0.717) is 36.0 Å². The summed E-state index contributed by atoms with van der Waals surface area (Å²) in [6.45, 7) is 3.80. The van der Waals surface area contributed by atoms with Gasteiger partial charge in [0.15, 0.2) is 0 Å². The highest BCUT2D eigenvalue weighted by molar-refractivity contribution is 5.49. The molecule has 3 aromatic carbocycles. The van der Waals surface area contributed by atoms with E-state index in [1.54, 1.807) is 24.3 Å². The van der Waals surface area contributed by atoms with E-state index in [1.807, 2.05) is 13.8 Å². The summed E-state index contributed by atoms with van der Waals surface area (Å²) in [5.41, 5.74) is 1.86. The van der Waals surface area contributed by atoms with Crippen LogP contribution in [-0.4, -0.2) is 0 Å². The van der Waals surface area contributed by atoms with Gasteiger partial charge in [-0.3, -0.25) is 0 Å². The van der Waals surface area contributed by atoms with Gasteiger partial charge in [0.1, 0.15) is 23.3 Å². The Balaban J connectivity index is 1.77. The highest BCUT2D eigenvalue weighted by Gasteiger charge is 2.10. The number of aryl methyl sites for hydroxylation is 1. The van der Waals surface area contributed by atoms with Crippen molar-refractivity contribution in [1.82, 2.24) is 0 Å². The molecule has 0 spiro atoms. The van der Waals surface area contributed by atoms with Gasteiger partial charge in [-0.05, 0) is 66.9 Å². The molecule has 0 aliphatic heterocycles. The fourth-order valence-corrected chi connectivity index (χ4v) is 3.26. The van der Waals surface area contributed by atoms with Crippen LogP contribution in [0.5, 0.6) is 0 Å². The van der Waals surface area contributed by atoms with Gasteiger partial charge < -0.3 is 0 Å². The van der Waals surface area contributed by atoms with Crippen LogP contribution in [-0.2, 0) is 12.8 Å². The predicted octanol–water partition coefficient (Wildman–Crippen LogP) is 6.95. The van der Waals surface area contributed by atoms with Crippen LogP contribution >= 0.6 is 0 Å². The van der Waals surface area contributed by atoms with E-state index in [1.165, 1.54) is 24.3 Å². The Kier molecular flexibility index (Phi) is 7.74. The summed E-state index contributed by atoms with van der Waals surface area (Å²) in [6, 6.07) is 11.8. The fourth-order valence-electron chi connectivity index (χ4n) is 3.26. The standard InChI is InChI=1S/C28H22F4/c1-3-5-21-15-27(31)24(28(32)16-21)14-13-20-9-7-19(8-10-20)11-12-22-17-25(29)23(6-4-2)26(30)18-22/h7-10,15-18H,3-6H2,1-2H3. The normalized spacial score (nSPS) is 10.2. The van der Waals surface area contributed by atoms with E-state index in [2.05, 4.69) is 23.7 Å². The third-order valence-corrected chi connectivity index (χ3v) is 4.85. The van der Waals surface area contributed by atoms with E-state index >= 15 is 0 Å². The van der Waals surface area contributed by atoms with Gasteiger partial charge in [0.2, 0.25) is 0 Å².